The van der Waals surface area contributed by atoms with Gasteiger partial charge in [0.2, 0.25) is 11.8 Å². The predicted molar refractivity (Wildman–Crippen MR) is 162 cm³/mol. The average Bonchev–Trinajstić information content (AvgIpc) is 3.39. The van der Waals surface area contributed by atoms with E-state index in [1.54, 1.807) is 4.90 Å². The summed E-state index contributed by atoms with van der Waals surface area (Å²) in [7, 11) is 0. The number of nitrogens with zero attached hydrogens (tertiary/aromatic N) is 3. The van der Waals surface area contributed by atoms with Crippen LogP contribution in [0, 0.1) is 5.92 Å². The number of hydrogen-bond acceptors (Lipinski definition) is 2. The van der Waals surface area contributed by atoms with Gasteiger partial charge in [-0.2, -0.15) is 0 Å². The van der Waals surface area contributed by atoms with Crippen molar-refractivity contribution in [1.29, 1.82) is 0 Å². The van der Waals surface area contributed by atoms with Crippen molar-refractivity contribution < 1.29 is 9.59 Å². The summed E-state index contributed by atoms with van der Waals surface area (Å²) in [6, 6.07) is 31.4. The second-order valence-corrected chi connectivity index (χ2v) is 10.9. The maximum atomic E-state index is 14.0. The van der Waals surface area contributed by atoms with E-state index in [0.29, 0.717) is 26.2 Å². The molecule has 1 heterocycles. The third kappa shape index (κ3) is 7.42. The van der Waals surface area contributed by atoms with Crippen molar-refractivity contribution in [2.45, 2.75) is 39.8 Å². The Kier molecular flexibility index (Phi) is 10.2. The number of carbonyl (C=O) groups excluding carboxylic acids is 2. The van der Waals surface area contributed by atoms with Crippen LogP contribution in [-0.4, -0.2) is 45.8 Å². The SMILES string of the molecule is CCN(CC(=O)N(Cc1cccn1Cc1ccccc1Cl)CC(C)C)C(=O)C(c1ccccc1)c1ccccc1. The lowest BCUT2D eigenvalue weighted by Crippen LogP contribution is -2.45. The molecule has 5 nitrogen and oxygen atoms in total. The van der Waals surface area contributed by atoms with E-state index >= 15 is 0 Å². The molecule has 4 aromatic rings. The maximum Gasteiger partial charge on any atom is 0.242 e. The first-order valence-electron chi connectivity index (χ1n) is 13.9. The van der Waals surface area contributed by atoms with Crippen molar-refractivity contribution in [3.8, 4) is 0 Å². The van der Waals surface area contributed by atoms with Crippen LogP contribution >= 0.6 is 11.6 Å². The molecule has 0 aliphatic heterocycles. The van der Waals surface area contributed by atoms with Gasteiger partial charge in [-0.15, -0.1) is 0 Å². The number of hydrogen-bond donors (Lipinski definition) is 0. The molecule has 1 aromatic heterocycles. The molecule has 0 fully saturated rings. The Labute approximate surface area is 243 Å². The second-order valence-electron chi connectivity index (χ2n) is 10.5. The van der Waals surface area contributed by atoms with Gasteiger partial charge >= 0.3 is 0 Å². The van der Waals surface area contributed by atoms with Crippen LogP contribution in [0.1, 0.15) is 49.1 Å². The van der Waals surface area contributed by atoms with Crippen LogP contribution < -0.4 is 0 Å². The predicted octanol–water partition coefficient (Wildman–Crippen LogP) is 6.86. The van der Waals surface area contributed by atoms with Gasteiger partial charge in [0.15, 0.2) is 0 Å². The van der Waals surface area contributed by atoms with E-state index in [1.165, 1.54) is 0 Å². The molecule has 40 heavy (non-hydrogen) atoms. The average molecular weight is 556 g/mol. The molecule has 0 saturated heterocycles. The highest BCUT2D eigenvalue weighted by Gasteiger charge is 2.29. The second kappa shape index (κ2) is 14.0. The summed E-state index contributed by atoms with van der Waals surface area (Å²) in [4.78, 5) is 31.4. The standard InChI is InChI=1S/C34H38ClN3O2/c1-4-36(34(40)33(27-14-7-5-8-15-27)28-16-9-6-10-17-28)25-32(39)38(22-26(2)3)24-30-19-13-21-37(30)23-29-18-11-12-20-31(29)35/h5-21,26,33H,4,22-25H2,1-3H3. The molecule has 0 atom stereocenters. The molecule has 6 heteroatoms. The van der Waals surface area contributed by atoms with Crippen molar-refractivity contribution in [2.24, 2.45) is 5.92 Å². The van der Waals surface area contributed by atoms with Crippen molar-refractivity contribution in [2.75, 3.05) is 19.6 Å². The number of rotatable bonds is 12. The summed E-state index contributed by atoms with van der Waals surface area (Å²) in [5.41, 5.74) is 3.88. The topological polar surface area (TPSA) is 45.6 Å². The number of amides is 2. The number of aromatic nitrogens is 1. The zero-order chi connectivity index (χ0) is 28.5. The first kappa shape index (κ1) is 29.2. The molecule has 0 radical (unpaired) electrons. The molecular formula is C34H38ClN3O2. The van der Waals surface area contributed by atoms with Gasteiger partial charge in [-0.25, -0.2) is 0 Å². The summed E-state index contributed by atoms with van der Waals surface area (Å²) in [5, 5.41) is 0.723. The maximum absolute atomic E-state index is 14.0. The van der Waals surface area contributed by atoms with E-state index in [9.17, 15) is 9.59 Å². The zero-order valence-corrected chi connectivity index (χ0v) is 24.3. The van der Waals surface area contributed by atoms with Crippen LogP contribution in [0.25, 0.3) is 0 Å². The number of benzene rings is 3. The molecule has 208 valence electrons. The van der Waals surface area contributed by atoms with Crippen LogP contribution in [0.2, 0.25) is 5.02 Å². The Hall–Kier alpha value is -3.83. The van der Waals surface area contributed by atoms with Gasteiger partial charge in [0.25, 0.3) is 0 Å². The first-order chi connectivity index (χ1) is 19.4. The Morgan fingerprint density at radius 3 is 1.98 bits per heavy atom. The van der Waals surface area contributed by atoms with Crippen molar-refractivity contribution >= 4 is 23.4 Å². The monoisotopic (exact) mass is 555 g/mol. The van der Waals surface area contributed by atoms with Gasteiger partial charge in [-0.05, 0) is 47.7 Å². The fourth-order valence-corrected chi connectivity index (χ4v) is 5.20. The lowest BCUT2D eigenvalue weighted by Gasteiger charge is -2.31. The lowest BCUT2D eigenvalue weighted by atomic mass is 9.90. The molecule has 0 spiro atoms. The van der Waals surface area contributed by atoms with Gasteiger partial charge in [0.1, 0.15) is 0 Å². The fraction of sp³-hybridized carbons (Fsp3) is 0.294. The quantitative estimate of drug-likeness (QED) is 0.192. The number of halogens is 1. The Balaban J connectivity index is 1.54. The van der Waals surface area contributed by atoms with Crippen molar-refractivity contribution in [3.05, 3.63) is 131 Å². The highest BCUT2D eigenvalue weighted by molar-refractivity contribution is 6.31. The third-order valence-corrected chi connectivity index (χ3v) is 7.41. The molecule has 0 bridgehead atoms. The number of carbonyl (C=O) groups is 2. The molecule has 0 aliphatic carbocycles. The number of likely N-dealkylation sites (N-methyl/N-ethyl adjacent to an activating group) is 1. The van der Waals surface area contributed by atoms with Crippen LogP contribution in [0.3, 0.4) is 0 Å². The third-order valence-electron chi connectivity index (χ3n) is 7.05. The van der Waals surface area contributed by atoms with Crippen LogP contribution in [0.4, 0.5) is 0 Å². The Morgan fingerprint density at radius 1 is 0.800 bits per heavy atom. The van der Waals surface area contributed by atoms with E-state index in [-0.39, 0.29) is 24.3 Å². The van der Waals surface area contributed by atoms with Crippen molar-refractivity contribution in [1.82, 2.24) is 14.4 Å². The normalized spacial score (nSPS) is 11.2. The van der Waals surface area contributed by atoms with E-state index < -0.39 is 5.92 Å². The highest BCUT2D eigenvalue weighted by atomic mass is 35.5. The van der Waals surface area contributed by atoms with Crippen LogP contribution in [0.5, 0.6) is 0 Å². The minimum atomic E-state index is -0.471. The largest absolute Gasteiger partial charge is 0.345 e. The van der Waals surface area contributed by atoms with E-state index in [2.05, 4.69) is 18.4 Å². The summed E-state index contributed by atoms with van der Waals surface area (Å²) in [5.74, 6) is -0.321. The van der Waals surface area contributed by atoms with Crippen LogP contribution in [-0.2, 0) is 22.7 Å². The molecule has 2 amide bonds. The van der Waals surface area contributed by atoms with E-state index in [4.69, 9.17) is 11.6 Å². The molecule has 0 saturated carbocycles. The zero-order valence-electron chi connectivity index (χ0n) is 23.5. The van der Waals surface area contributed by atoms with Gasteiger partial charge < -0.3 is 14.4 Å². The first-order valence-corrected chi connectivity index (χ1v) is 14.3. The van der Waals surface area contributed by atoms with E-state index in [1.807, 2.05) is 115 Å². The fourth-order valence-electron chi connectivity index (χ4n) is 5.01. The minimum Gasteiger partial charge on any atom is -0.345 e. The summed E-state index contributed by atoms with van der Waals surface area (Å²) in [6.07, 6.45) is 2.02. The molecular weight excluding hydrogens is 518 g/mol. The van der Waals surface area contributed by atoms with Crippen LogP contribution in [0.15, 0.2) is 103 Å². The summed E-state index contributed by atoms with van der Waals surface area (Å²) in [6.45, 7) is 8.30. The van der Waals surface area contributed by atoms with Gasteiger partial charge in [0.05, 0.1) is 19.0 Å². The highest BCUT2D eigenvalue weighted by Crippen LogP contribution is 2.27. The molecule has 0 aliphatic rings. The van der Waals surface area contributed by atoms with Gasteiger partial charge in [-0.1, -0.05) is 104 Å². The molecule has 4 rings (SSSR count). The molecule has 0 N–H and O–H groups in total. The summed E-state index contributed by atoms with van der Waals surface area (Å²) < 4.78 is 2.13. The smallest absolute Gasteiger partial charge is 0.242 e. The molecule has 0 unspecified atom stereocenters. The Morgan fingerprint density at radius 2 is 1.40 bits per heavy atom. The summed E-state index contributed by atoms with van der Waals surface area (Å²) >= 11 is 6.42. The lowest BCUT2D eigenvalue weighted by molar-refractivity contribution is -0.141. The van der Waals surface area contributed by atoms with Crippen molar-refractivity contribution in [3.63, 3.8) is 0 Å². The molecule has 3 aromatic carbocycles. The minimum absolute atomic E-state index is 0.0312. The Bertz CT molecular complexity index is 1350. The van der Waals surface area contributed by atoms with Gasteiger partial charge in [0, 0.05) is 36.5 Å². The van der Waals surface area contributed by atoms with Gasteiger partial charge in [-0.3, -0.25) is 9.59 Å². The van der Waals surface area contributed by atoms with E-state index in [0.717, 1.165) is 27.4 Å².